The van der Waals surface area contributed by atoms with Crippen LogP contribution in [-0.2, 0) is 4.74 Å². The molecule has 0 spiro atoms. The van der Waals surface area contributed by atoms with Gasteiger partial charge in [-0.2, -0.15) is 0 Å². The maximum Gasteiger partial charge on any atom is 0.255 e. The van der Waals surface area contributed by atoms with Crippen LogP contribution in [0.2, 0.25) is 0 Å². The summed E-state index contributed by atoms with van der Waals surface area (Å²) >= 11 is 0. The average Bonchev–Trinajstić information content (AvgIpc) is 2.35. The highest BCUT2D eigenvalue weighted by atomic mass is 16.5. The van der Waals surface area contributed by atoms with Gasteiger partial charge < -0.3 is 14.4 Å². The molecule has 0 bridgehead atoms. The smallest absolute Gasteiger partial charge is 0.255 e. The van der Waals surface area contributed by atoms with Gasteiger partial charge in [0.1, 0.15) is 0 Å². The lowest BCUT2D eigenvalue weighted by Gasteiger charge is -2.41. The lowest BCUT2D eigenvalue weighted by molar-refractivity contribution is -0.118. The first-order valence-corrected chi connectivity index (χ1v) is 6.38. The molecular weight excluding hydrogens is 244 g/mol. The minimum absolute atomic E-state index is 0.0154. The van der Waals surface area contributed by atoms with Gasteiger partial charge in [0.15, 0.2) is 0 Å². The zero-order chi connectivity index (χ0) is 14.0. The Kier molecular flexibility index (Phi) is 3.75. The number of pyridine rings is 1. The van der Waals surface area contributed by atoms with Crippen LogP contribution in [0, 0.1) is 0 Å². The Hall–Kier alpha value is -1.62. The molecule has 1 unspecified atom stereocenters. The Morgan fingerprint density at radius 1 is 1.53 bits per heavy atom. The molecule has 104 valence electrons. The van der Waals surface area contributed by atoms with E-state index in [0.29, 0.717) is 24.5 Å². The first-order chi connectivity index (χ1) is 8.91. The maximum absolute atomic E-state index is 12.4. The second kappa shape index (κ2) is 5.17. The summed E-state index contributed by atoms with van der Waals surface area (Å²) in [6, 6.07) is 3.43. The summed E-state index contributed by atoms with van der Waals surface area (Å²) < 4.78 is 10.8. The Morgan fingerprint density at radius 2 is 2.26 bits per heavy atom. The van der Waals surface area contributed by atoms with Crippen LogP contribution in [0.4, 0.5) is 0 Å². The van der Waals surface area contributed by atoms with Crippen molar-refractivity contribution < 1.29 is 14.3 Å². The van der Waals surface area contributed by atoms with Crippen molar-refractivity contribution in [1.82, 2.24) is 9.88 Å². The van der Waals surface area contributed by atoms with Crippen LogP contribution in [0.3, 0.4) is 0 Å². The van der Waals surface area contributed by atoms with E-state index in [2.05, 4.69) is 4.98 Å². The van der Waals surface area contributed by atoms with Crippen LogP contribution in [0.15, 0.2) is 18.3 Å². The largest absolute Gasteiger partial charge is 0.481 e. The molecule has 0 saturated carbocycles. The van der Waals surface area contributed by atoms with E-state index < -0.39 is 0 Å². The quantitative estimate of drug-likeness (QED) is 0.816. The molecule has 1 fully saturated rings. The van der Waals surface area contributed by atoms with Gasteiger partial charge in [0.2, 0.25) is 5.88 Å². The van der Waals surface area contributed by atoms with Crippen molar-refractivity contribution >= 4 is 5.91 Å². The summed E-state index contributed by atoms with van der Waals surface area (Å²) in [5.74, 6) is 0.491. The van der Waals surface area contributed by atoms with Gasteiger partial charge in [0.25, 0.3) is 5.91 Å². The lowest BCUT2D eigenvalue weighted by atomic mass is 10.0. The van der Waals surface area contributed by atoms with E-state index in [1.54, 1.807) is 25.4 Å². The fraction of sp³-hybridized carbons (Fsp3) is 0.571. The summed E-state index contributed by atoms with van der Waals surface area (Å²) in [7, 11) is 1.55. The maximum atomic E-state index is 12.4. The van der Waals surface area contributed by atoms with Gasteiger partial charge in [0.05, 0.1) is 24.4 Å². The van der Waals surface area contributed by atoms with Crippen molar-refractivity contribution in [1.29, 1.82) is 0 Å². The van der Waals surface area contributed by atoms with Crippen LogP contribution in [0.5, 0.6) is 5.88 Å². The molecule has 1 atom stereocenters. The number of hydrogen-bond acceptors (Lipinski definition) is 4. The van der Waals surface area contributed by atoms with Crippen LogP contribution < -0.4 is 4.74 Å². The summed E-state index contributed by atoms with van der Waals surface area (Å²) in [5.41, 5.74) is 0.262. The molecule has 1 saturated heterocycles. The highest BCUT2D eigenvalue weighted by molar-refractivity contribution is 5.94. The molecular formula is C14H20N2O3. The highest BCUT2D eigenvalue weighted by Crippen LogP contribution is 2.22. The third-order valence-corrected chi connectivity index (χ3v) is 3.05. The van der Waals surface area contributed by atoms with Crippen molar-refractivity contribution in [2.75, 3.05) is 20.2 Å². The minimum atomic E-state index is -0.312. The molecule has 2 heterocycles. The second-order valence-electron chi connectivity index (χ2n) is 5.46. The number of ether oxygens (including phenoxy) is 2. The number of morpholine rings is 1. The third kappa shape index (κ3) is 3.23. The lowest BCUT2D eigenvalue weighted by Crippen LogP contribution is -2.53. The van der Waals surface area contributed by atoms with Gasteiger partial charge >= 0.3 is 0 Å². The third-order valence-electron chi connectivity index (χ3n) is 3.05. The SMILES string of the molecule is COc1ccc(C(=O)N2CC(C)OC(C)(C)C2)cn1. The number of carbonyl (C=O) groups is 1. The number of carbonyl (C=O) groups excluding carboxylic acids is 1. The molecule has 0 aliphatic carbocycles. The molecule has 1 aliphatic rings. The van der Waals surface area contributed by atoms with E-state index >= 15 is 0 Å². The zero-order valence-corrected chi connectivity index (χ0v) is 11.8. The summed E-state index contributed by atoms with van der Waals surface area (Å²) in [4.78, 5) is 18.3. The van der Waals surface area contributed by atoms with Crippen LogP contribution in [-0.4, -0.2) is 47.7 Å². The van der Waals surface area contributed by atoms with Gasteiger partial charge in [0, 0.05) is 25.4 Å². The molecule has 19 heavy (non-hydrogen) atoms. The Morgan fingerprint density at radius 3 is 2.79 bits per heavy atom. The van der Waals surface area contributed by atoms with Gasteiger partial charge in [-0.25, -0.2) is 4.98 Å². The second-order valence-corrected chi connectivity index (χ2v) is 5.46. The number of methoxy groups -OCH3 is 1. The zero-order valence-electron chi connectivity index (χ0n) is 11.8. The predicted molar refractivity (Wildman–Crippen MR) is 71.3 cm³/mol. The monoisotopic (exact) mass is 264 g/mol. The standard InChI is InChI=1S/C14H20N2O3/c1-10-8-16(9-14(2,3)19-10)13(17)11-5-6-12(18-4)15-7-11/h5-7,10H,8-9H2,1-4H3. The molecule has 1 aromatic rings. The van der Waals surface area contributed by atoms with E-state index in [4.69, 9.17) is 9.47 Å². The predicted octanol–water partition coefficient (Wildman–Crippen LogP) is 1.73. The fourth-order valence-corrected chi connectivity index (χ4v) is 2.42. The molecule has 2 rings (SSSR count). The molecule has 0 aromatic carbocycles. The first-order valence-electron chi connectivity index (χ1n) is 6.38. The van der Waals surface area contributed by atoms with Gasteiger partial charge in [-0.3, -0.25) is 4.79 Å². The molecule has 1 amide bonds. The molecule has 0 N–H and O–H groups in total. The average molecular weight is 264 g/mol. The van der Waals surface area contributed by atoms with Crippen molar-refractivity contribution in [2.45, 2.75) is 32.5 Å². The summed E-state index contributed by atoms with van der Waals surface area (Å²) in [6.07, 6.45) is 1.59. The number of aromatic nitrogens is 1. The number of nitrogens with zero attached hydrogens (tertiary/aromatic N) is 2. The Labute approximate surface area is 113 Å². The van der Waals surface area contributed by atoms with Gasteiger partial charge in [-0.05, 0) is 26.8 Å². The Bertz CT molecular complexity index is 456. The fourth-order valence-electron chi connectivity index (χ4n) is 2.42. The van der Waals surface area contributed by atoms with Gasteiger partial charge in [-0.1, -0.05) is 0 Å². The van der Waals surface area contributed by atoms with E-state index in [9.17, 15) is 4.79 Å². The van der Waals surface area contributed by atoms with Gasteiger partial charge in [-0.15, -0.1) is 0 Å². The van der Waals surface area contributed by atoms with E-state index in [-0.39, 0.29) is 17.6 Å². The molecule has 0 radical (unpaired) electrons. The molecule has 5 heteroatoms. The van der Waals surface area contributed by atoms with E-state index in [1.807, 2.05) is 25.7 Å². The van der Waals surface area contributed by atoms with Crippen LogP contribution in [0.1, 0.15) is 31.1 Å². The molecule has 1 aromatic heterocycles. The number of amides is 1. The normalized spacial score (nSPS) is 22.1. The molecule has 1 aliphatic heterocycles. The highest BCUT2D eigenvalue weighted by Gasteiger charge is 2.34. The van der Waals surface area contributed by atoms with Crippen molar-refractivity contribution in [3.63, 3.8) is 0 Å². The summed E-state index contributed by atoms with van der Waals surface area (Å²) in [5, 5.41) is 0. The van der Waals surface area contributed by atoms with Crippen molar-refractivity contribution in [2.24, 2.45) is 0 Å². The van der Waals surface area contributed by atoms with Crippen LogP contribution in [0.25, 0.3) is 0 Å². The van der Waals surface area contributed by atoms with E-state index in [1.165, 1.54) is 0 Å². The van der Waals surface area contributed by atoms with Crippen molar-refractivity contribution in [3.05, 3.63) is 23.9 Å². The van der Waals surface area contributed by atoms with Crippen molar-refractivity contribution in [3.8, 4) is 5.88 Å². The minimum Gasteiger partial charge on any atom is -0.481 e. The Balaban J connectivity index is 2.14. The van der Waals surface area contributed by atoms with E-state index in [0.717, 1.165) is 0 Å². The summed E-state index contributed by atoms with van der Waals surface area (Å²) in [6.45, 7) is 7.16. The number of hydrogen-bond donors (Lipinski definition) is 0. The van der Waals surface area contributed by atoms with Crippen LogP contribution >= 0.6 is 0 Å². The topological polar surface area (TPSA) is 51.7 Å². The molecule has 5 nitrogen and oxygen atoms in total. The number of rotatable bonds is 2. The first kappa shape index (κ1) is 13.8.